The molecular formula is C21H39NO4. The fourth-order valence-electron chi connectivity index (χ4n) is 2.72. The average molecular weight is 370 g/mol. The van der Waals surface area contributed by atoms with Crippen LogP contribution in [0.5, 0.6) is 0 Å². The normalized spacial score (nSPS) is 10.3. The zero-order valence-electron chi connectivity index (χ0n) is 16.7. The van der Waals surface area contributed by atoms with Gasteiger partial charge in [0.1, 0.15) is 13.2 Å². The molecule has 0 aromatic rings. The summed E-state index contributed by atoms with van der Waals surface area (Å²) in [5, 5.41) is 2.70. The van der Waals surface area contributed by atoms with Crippen molar-refractivity contribution in [2.24, 2.45) is 0 Å². The van der Waals surface area contributed by atoms with Crippen molar-refractivity contribution in [3.05, 3.63) is 12.7 Å². The average Bonchev–Trinajstić information content (AvgIpc) is 2.65. The summed E-state index contributed by atoms with van der Waals surface area (Å²) in [4.78, 5) is 22.2. The van der Waals surface area contributed by atoms with Gasteiger partial charge in [0.05, 0.1) is 0 Å². The van der Waals surface area contributed by atoms with Gasteiger partial charge in [-0.25, -0.2) is 9.59 Å². The number of nitrogens with one attached hydrogen (secondary N) is 1. The largest absolute Gasteiger partial charge is 0.459 e. The third kappa shape index (κ3) is 18.8. The molecule has 0 aliphatic heterocycles. The Hall–Kier alpha value is -1.52. The number of rotatable bonds is 18. The Kier molecular flexibility index (Phi) is 18.6. The molecule has 0 aliphatic carbocycles. The molecule has 5 heteroatoms. The van der Waals surface area contributed by atoms with Crippen molar-refractivity contribution in [2.45, 2.75) is 90.4 Å². The van der Waals surface area contributed by atoms with E-state index < -0.39 is 12.1 Å². The van der Waals surface area contributed by atoms with Crippen LogP contribution in [-0.2, 0) is 14.3 Å². The number of ether oxygens (including phenoxy) is 2. The summed E-state index contributed by atoms with van der Waals surface area (Å²) in [6.45, 7) is 6.28. The van der Waals surface area contributed by atoms with Crippen LogP contribution in [0.2, 0.25) is 0 Å². The zero-order valence-corrected chi connectivity index (χ0v) is 16.7. The first-order valence-electron chi connectivity index (χ1n) is 10.4. The molecule has 1 amide bonds. The second-order valence-electron chi connectivity index (χ2n) is 6.68. The molecule has 0 bridgehead atoms. The van der Waals surface area contributed by atoms with Crippen molar-refractivity contribution >= 4 is 12.1 Å². The minimum Gasteiger partial charge on any atom is -0.459 e. The Morgan fingerprint density at radius 3 is 1.73 bits per heavy atom. The standard InChI is InChI=1S/C21H39NO4/c1-3-5-6-7-8-9-10-11-12-13-14-15-16-17-22-21(24)26-19-18-25-20(23)4-2/h4H,2-3,5-19H2,1H3,(H,22,24). The third-order valence-electron chi connectivity index (χ3n) is 4.28. The summed E-state index contributed by atoms with van der Waals surface area (Å²) >= 11 is 0. The molecular weight excluding hydrogens is 330 g/mol. The van der Waals surface area contributed by atoms with Crippen LogP contribution in [0, 0.1) is 0 Å². The van der Waals surface area contributed by atoms with Crippen molar-refractivity contribution in [1.82, 2.24) is 5.32 Å². The van der Waals surface area contributed by atoms with Gasteiger partial charge in [-0.05, 0) is 6.42 Å². The molecule has 0 aromatic carbocycles. The molecule has 0 rings (SSSR count). The number of hydrogen-bond donors (Lipinski definition) is 1. The number of esters is 1. The van der Waals surface area contributed by atoms with E-state index in [1.54, 1.807) is 0 Å². The number of carbonyl (C=O) groups is 2. The van der Waals surface area contributed by atoms with E-state index in [1.165, 1.54) is 70.6 Å². The van der Waals surface area contributed by atoms with Crippen LogP contribution in [0.4, 0.5) is 4.79 Å². The first kappa shape index (κ1) is 24.5. The molecule has 0 atom stereocenters. The topological polar surface area (TPSA) is 64.6 Å². The molecule has 0 heterocycles. The highest BCUT2D eigenvalue weighted by Crippen LogP contribution is 2.12. The van der Waals surface area contributed by atoms with E-state index in [4.69, 9.17) is 9.47 Å². The monoisotopic (exact) mass is 369 g/mol. The van der Waals surface area contributed by atoms with Crippen LogP contribution in [0.3, 0.4) is 0 Å². The van der Waals surface area contributed by atoms with E-state index in [2.05, 4.69) is 18.8 Å². The molecule has 26 heavy (non-hydrogen) atoms. The maximum atomic E-state index is 11.4. The van der Waals surface area contributed by atoms with Crippen molar-refractivity contribution < 1.29 is 19.1 Å². The first-order chi connectivity index (χ1) is 12.7. The minimum absolute atomic E-state index is 0.0526. The molecule has 0 aliphatic rings. The Morgan fingerprint density at radius 1 is 0.769 bits per heavy atom. The highest BCUT2D eigenvalue weighted by molar-refractivity contribution is 5.81. The maximum absolute atomic E-state index is 11.4. The minimum atomic E-state index is -0.513. The van der Waals surface area contributed by atoms with Gasteiger partial charge in [0.15, 0.2) is 0 Å². The Morgan fingerprint density at radius 2 is 1.23 bits per heavy atom. The molecule has 0 spiro atoms. The number of amides is 1. The number of carbonyl (C=O) groups excluding carboxylic acids is 2. The van der Waals surface area contributed by atoms with Gasteiger partial charge in [-0.2, -0.15) is 0 Å². The quantitative estimate of drug-likeness (QED) is 0.196. The second-order valence-corrected chi connectivity index (χ2v) is 6.68. The van der Waals surface area contributed by atoms with Gasteiger partial charge in [0.2, 0.25) is 0 Å². The smallest absolute Gasteiger partial charge is 0.407 e. The highest BCUT2D eigenvalue weighted by atomic mass is 16.6. The summed E-state index contributed by atoms with van der Waals surface area (Å²) in [5.41, 5.74) is 0. The van der Waals surface area contributed by atoms with Gasteiger partial charge in [0, 0.05) is 12.6 Å². The summed E-state index contributed by atoms with van der Waals surface area (Å²) < 4.78 is 9.60. The van der Waals surface area contributed by atoms with Crippen LogP contribution >= 0.6 is 0 Å². The van der Waals surface area contributed by atoms with Crippen molar-refractivity contribution in [3.63, 3.8) is 0 Å². The molecule has 0 unspecified atom stereocenters. The number of hydrogen-bond acceptors (Lipinski definition) is 4. The van der Waals surface area contributed by atoms with Gasteiger partial charge >= 0.3 is 12.1 Å². The van der Waals surface area contributed by atoms with E-state index in [-0.39, 0.29) is 13.2 Å². The lowest BCUT2D eigenvalue weighted by Crippen LogP contribution is -2.26. The van der Waals surface area contributed by atoms with E-state index in [9.17, 15) is 9.59 Å². The van der Waals surface area contributed by atoms with Crippen molar-refractivity contribution in [3.8, 4) is 0 Å². The summed E-state index contributed by atoms with van der Waals surface area (Å²) in [6, 6.07) is 0. The summed E-state index contributed by atoms with van der Waals surface area (Å²) in [5.74, 6) is -0.513. The van der Waals surface area contributed by atoms with E-state index in [1.807, 2.05) is 0 Å². The van der Waals surface area contributed by atoms with E-state index >= 15 is 0 Å². The maximum Gasteiger partial charge on any atom is 0.407 e. The van der Waals surface area contributed by atoms with E-state index in [0.29, 0.717) is 6.54 Å². The van der Waals surface area contributed by atoms with Gasteiger partial charge < -0.3 is 14.8 Å². The van der Waals surface area contributed by atoms with Crippen LogP contribution in [0.25, 0.3) is 0 Å². The van der Waals surface area contributed by atoms with Crippen LogP contribution in [0.1, 0.15) is 90.4 Å². The van der Waals surface area contributed by atoms with Gasteiger partial charge in [0.25, 0.3) is 0 Å². The second kappa shape index (κ2) is 19.8. The molecule has 0 saturated heterocycles. The van der Waals surface area contributed by atoms with Crippen molar-refractivity contribution in [1.29, 1.82) is 0 Å². The molecule has 5 nitrogen and oxygen atoms in total. The first-order valence-corrected chi connectivity index (χ1v) is 10.4. The van der Waals surface area contributed by atoms with Gasteiger partial charge in [-0.1, -0.05) is 90.6 Å². The molecule has 0 fully saturated rings. The fourth-order valence-corrected chi connectivity index (χ4v) is 2.72. The van der Waals surface area contributed by atoms with E-state index in [0.717, 1.165) is 18.9 Å². The fraction of sp³-hybridized carbons (Fsp3) is 0.810. The lowest BCUT2D eigenvalue weighted by atomic mass is 10.0. The lowest BCUT2D eigenvalue weighted by Gasteiger charge is -2.07. The molecule has 152 valence electrons. The molecule has 0 aromatic heterocycles. The summed E-state index contributed by atoms with van der Waals surface area (Å²) in [7, 11) is 0. The highest BCUT2D eigenvalue weighted by Gasteiger charge is 2.02. The Bertz CT molecular complexity index is 358. The summed E-state index contributed by atoms with van der Waals surface area (Å²) in [6.07, 6.45) is 17.6. The van der Waals surface area contributed by atoms with Crippen LogP contribution in [0.15, 0.2) is 12.7 Å². The van der Waals surface area contributed by atoms with Crippen LogP contribution < -0.4 is 5.32 Å². The number of alkyl carbamates (subject to hydrolysis) is 1. The molecule has 0 saturated carbocycles. The Balaban J connectivity index is 3.17. The zero-order chi connectivity index (χ0) is 19.3. The Labute approximate surface area is 159 Å². The predicted molar refractivity (Wildman–Crippen MR) is 106 cm³/mol. The van der Waals surface area contributed by atoms with Gasteiger partial charge in [-0.3, -0.25) is 0 Å². The van der Waals surface area contributed by atoms with Crippen LogP contribution in [-0.4, -0.2) is 31.8 Å². The third-order valence-corrected chi connectivity index (χ3v) is 4.28. The SMILES string of the molecule is C=CC(=O)OCCOC(=O)NCCCCCCCCCCCCCCC. The molecule has 0 radical (unpaired) electrons. The number of unbranched alkanes of at least 4 members (excludes halogenated alkanes) is 12. The molecule has 1 N–H and O–H groups in total. The van der Waals surface area contributed by atoms with Crippen molar-refractivity contribution in [2.75, 3.05) is 19.8 Å². The lowest BCUT2D eigenvalue weighted by molar-refractivity contribution is -0.138. The predicted octanol–water partition coefficient (Wildman–Crippen LogP) is 5.53. The van der Waals surface area contributed by atoms with Gasteiger partial charge in [-0.15, -0.1) is 0 Å².